The summed E-state index contributed by atoms with van der Waals surface area (Å²) >= 11 is 3.81. The van der Waals surface area contributed by atoms with Crippen LogP contribution in [0.3, 0.4) is 0 Å². The van der Waals surface area contributed by atoms with Crippen molar-refractivity contribution in [2.75, 3.05) is 0 Å². The molecular weight excluding hydrogens is 232 g/mol. The van der Waals surface area contributed by atoms with Crippen molar-refractivity contribution in [3.05, 3.63) is 28.5 Å². The number of hydrogen-bond donors (Lipinski definition) is 0. The van der Waals surface area contributed by atoms with Gasteiger partial charge in [-0.2, -0.15) is 0 Å². The summed E-state index contributed by atoms with van der Waals surface area (Å²) in [4.78, 5) is 2.84. The summed E-state index contributed by atoms with van der Waals surface area (Å²) in [5, 5.41) is 0. The molecule has 0 atom stereocenters. The zero-order valence-corrected chi connectivity index (χ0v) is 11.4. The molecule has 0 spiro atoms. The second-order valence-corrected chi connectivity index (χ2v) is 6.39. The molecule has 0 aliphatic heterocycles. The van der Waals surface area contributed by atoms with E-state index in [1.165, 1.54) is 46.4 Å². The van der Waals surface area contributed by atoms with E-state index >= 15 is 0 Å². The van der Waals surface area contributed by atoms with Crippen LogP contribution in [0.2, 0.25) is 0 Å². The summed E-state index contributed by atoms with van der Waals surface area (Å²) in [6.45, 7) is 6.08. The molecule has 16 heavy (non-hydrogen) atoms. The molecule has 2 rings (SSSR count). The molecule has 2 heteroatoms. The molecule has 0 aromatic carbocycles. The number of aryl methyl sites for hydroxylation is 1. The molecule has 0 saturated carbocycles. The molecule has 0 bridgehead atoms. The Morgan fingerprint density at radius 1 is 1.12 bits per heavy atom. The lowest BCUT2D eigenvalue weighted by Crippen LogP contribution is -1.80. The standard InChI is InChI=1S/C14H18S2/c1-3-5-6-7-8-12-10-14-13(16-12)9-11(4-2)15-14/h4,9-10H,2-3,5-8H2,1H3. The van der Waals surface area contributed by atoms with E-state index in [-0.39, 0.29) is 0 Å². The van der Waals surface area contributed by atoms with Crippen molar-refractivity contribution >= 4 is 38.1 Å². The normalized spacial score (nSPS) is 11.1. The van der Waals surface area contributed by atoms with Crippen LogP contribution in [-0.4, -0.2) is 0 Å². The van der Waals surface area contributed by atoms with Gasteiger partial charge in [-0.25, -0.2) is 0 Å². The van der Waals surface area contributed by atoms with E-state index in [9.17, 15) is 0 Å². The number of fused-ring (bicyclic) bond motifs is 1. The lowest BCUT2D eigenvalue weighted by atomic mass is 10.1. The van der Waals surface area contributed by atoms with Gasteiger partial charge in [0.25, 0.3) is 0 Å². The van der Waals surface area contributed by atoms with Crippen LogP contribution >= 0.6 is 22.7 Å². The lowest BCUT2D eigenvalue weighted by Gasteiger charge is -1.96. The van der Waals surface area contributed by atoms with Crippen LogP contribution in [0.15, 0.2) is 18.7 Å². The Morgan fingerprint density at radius 2 is 1.94 bits per heavy atom. The maximum atomic E-state index is 3.81. The molecular formula is C14H18S2. The number of hydrogen-bond acceptors (Lipinski definition) is 2. The maximum absolute atomic E-state index is 3.81. The second kappa shape index (κ2) is 5.65. The zero-order valence-electron chi connectivity index (χ0n) is 9.79. The van der Waals surface area contributed by atoms with Crippen molar-refractivity contribution in [2.45, 2.75) is 39.0 Å². The third-order valence-corrected chi connectivity index (χ3v) is 5.10. The van der Waals surface area contributed by atoms with E-state index in [2.05, 4.69) is 25.6 Å². The summed E-state index contributed by atoms with van der Waals surface area (Å²) in [6.07, 6.45) is 8.62. The van der Waals surface area contributed by atoms with E-state index in [0.717, 1.165) is 0 Å². The minimum atomic E-state index is 1.26. The molecule has 0 radical (unpaired) electrons. The van der Waals surface area contributed by atoms with Gasteiger partial charge in [0.2, 0.25) is 0 Å². The fourth-order valence-corrected chi connectivity index (χ4v) is 4.18. The minimum absolute atomic E-state index is 1.26. The van der Waals surface area contributed by atoms with Crippen molar-refractivity contribution in [1.29, 1.82) is 0 Å². The average Bonchev–Trinajstić information content (AvgIpc) is 2.81. The average molecular weight is 250 g/mol. The first-order chi connectivity index (χ1) is 7.83. The van der Waals surface area contributed by atoms with Crippen molar-refractivity contribution < 1.29 is 0 Å². The van der Waals surface area contributed by atoms with Gasteiger partial charge in [0.15, 0.2) is 0 Å². The fraction of sp³-hybridized carbons (Fsp3) is 0.429. The highest BCUT2D eigenvalue weighted by Crippen LogP contribution is 2.34. The van der Waals surface area contributed by atoms with Gasteiger partial charge in [-0.1, -0.05) is 38.8 Å². The lowest BCUT2D eigenvalue weighted by molar-refractivity contribution is 0.670. The predicted molar refractivity (Wildman–Crippen MR) is 77.6 cm³/mol. The first kappa shape index (κ1) is 11.9. The smallest absolute Gasteiger partial charge is 0.0459 e. The van der Waals surface area contributed by atoms with Gasteiger partial charge in [0, 0.05) is 19.2 Å². The van der Waals surface area contributed by atoms with Crippen molar-refractivity contribution in [3.8, 4) is 0 Å². The molecule has 0 amide bonds. The predicted octanol–water partition coefficient (Wildman–Crippen LogP) is 5.73. The van der Waals surface area contributed by atoms with Gasteiger partial charge in [-0.05, 0) is 25.0 Å². The fourth-order valence-electron chi connectivity index (χ4n) is 1.85. The molecule has 2 aromatic rings. The maximum Gasteiger partial charge on any atom is 0.0459 e. The molecule has 0 aliphatic rings. The van der Waals surface area contributed by atoms with E-state index in [1.54, 1.807) is 4.88 Å². The van der Waals surface area contributed by atoms with Crippen LogP contribution in [0.4, 0.5) is 0 Å². The Balaban J connectivity index is 1.98. The first-order valence-electron chi connectivity index (χ1n) is 5.98. The summed E-state index contributed by atoms with van der Waals surface area (Å²) < 4.78 is 2.87. The number of thiophene rings is 2. The Labute approximate surface area is 106 Å². The number of rotatable bonds is 6. The van der Waals surface area contributed by atoms with Crippen LogP contribution in [-0.2, 0) is 6.42 Å². The SMILES string of the molecule is C=Cc1cc2sc(CCCCCC)cc2s1. The Hall–Kier alpha value is -0.600. The molecule has 2 aromatic heterocycles. The van der Waals surface area contributed by atoms with Gasteiger partial charge >= 0.3 is 0 Å². The Bertz CT molecular complexity index is 430. The van der Waals surface area contributed by atoms with Crippen LogP contribution in [0.25, 0.3) is 15.5 Å². The summed E-state index contributed by atoms with van der Waals surface area (Å²) in [5.74, 6) is 0. The Morgan fingerprint density at radius 3 is 2.62 bits per heavy atom. The van der Waals surface area contributed by atoms with E-state index in [0.29, 0.717) is 0 Å². The molecule has 0 saturated heterocycles. The minimum Gasteiger partial charge on any atom is -0.139 e. The van der Waals surface area contributed by atoms with Gasteiger partial charge in [0.05, 0.1) is 0 Å². The largest absolute Gasteiger partial charge is 0.139 e. The van der Waals surface area contributed by atoms with Gasteiger partial charge in [-0.15, -0.1) is 22.7 Å². The highest BCUT2D eigenvalue weighted by molar-refractivity contribution is 7.28. The molecule has 0 unspecified atom stereocenters. The van der Waals surface area contributed by atoms with E-state index < -0.39 is 0 Å². The van der Waals surface area contributed by atoms with Crippen molar-refractivity contribution in [3.63, 3.8) is 0 Å². The molecule has 0 nitrogen and oxygen atoms in total. The van der Waals surface area contributed by atoms with Crippen LogP contribution in [0.1, 0.15) is 42.4 Å². The highest BCUT2D eigenvalue weighted by atomic mass is 32.1. The van der Waals surface area contributed by atoms with Crippen molar-refractivity contribution in [1.82, 2.24) is 0 Å². The summed E-state index contributed by atoms with van der Waals surface area (Å²) in [7, 11) is 0. The quantitative estimate of drug-likeness (QED) is 0.574. The Kier molecular flexibility index (Phi) is 4.19. The van der Waals surface area contributed by atoms with Crippen molar-refractivity contribution in [2.24, 2.45) is 0 Å². The van der Waals surface area contributed by atoms with Crippen LogP contribution < -0.4 is 0 Å². The molecule has 0 aliphatic carbocycles. The molecule has 0 fully saturated rings. The molecule has 2 heterocycles. The number of unbranched alkanes of at least 4 members (excludes halogenated alkanes) is 3. The van der Waals surface area contributed by atoms with E-state index in [1.807, 2.05) is 28.7 Å². The molecule has 86 valence electrons. The highest BCUT2D eigenvalue weighted by Gasteiger charge is 2.05. The van der Waals surface area contributed by atoms with Gasteiger partial charge in [0.1, 0.15) is 0 Å². The topological polar surface area (TPSA) is 0 Å². The zero-order chi connectivity index (χ0) is 11.4. The van der Waals surface area contributed by atoms with Crippen LogP contribution in [0.5, 0.6) is 0 Å². The second-order valence-electron chi connectivity index (χ2n) is 4.10. The third-order valence-electron chi connectivity index (χ3n) is 2.76. The third kappa shape index (κ3) is 2.74. The summed E-state index contributed by atoms with van der Waals surface area (Å²) in [5.41, 5.74) is 0. The monoisotopic (exact) mass is 250 g/mol. The van der Waals surface area contributed by atoms with E-state index in [4.69, 9.17) is 0 Å². The van der Waals surface area contributed by atoms with Crippen LogP contribution in [0, 0.1) is 0 Å². The molecule has 0 N–H and O–H groups in total. The van der Waals surface area contributed by atoms with Gasteiger partial charge in [-0.3, -0.25) is 0 Å². The summed E-state index contributed by atoms with van der Waals surface area (Å²) in [6, 6.07) is 4.62. The first-order valence-corrected chi connectivity index (χ1v) is 7.61. The van der Waals surface area contributed by atoms with Gasteiger partial charge < -0.3 is 0 Å².